The van der Waals surface area contributed by atoms with Gasteiger partial charge in [0.05, 0.1) is 12.1 Å². The van der Waals surface area contributed by atoms with E-state index in [-0.39, 0.29) is 17.2 Å². The number of aromatic nitrogens is 1. The topological polar surface area (TPSA) is 54.4 Å². The summed E-state index contributed by atoms with van der Waals surface area (Å²) in [6.45, 7) is 0. The molecule has 26 heavy (non-hydrogen) atoms. The van der Waals surface area contributed by atoms with Gasteiger partial charge < -0.3 is 0 Å². The second kappa shape index (κ2) is 6.92. The molecule has 1 amide bonds. The molecule has 2 aromatic carbocycles. The van der Waals surface area contributed by atoms with Gasteiger partial charge in [-0.2, -0.15) is 5.10 Å². The first-order valence-corrected chi connectivity index (χ1v) is 8.65. The van der Waals surface area contributed by atoms with E-state index < -0.39 is 0 Å². The van der Waals surface area contributed by atoms with Crippen molar-refractivity contribution in [2.45, 2.75) is 11.8 Å². The zero-order valence-corrected chi connectivity index (χ0v) is 14.2. The maximum Gasteiger partial charge on any atom is 0.244 e. The molecule has 1 fully saturated rings. The zero-order chi connectivity index (χ0) is 17.8. The summed E-state index contributed by atoms with van der Waals surface area (Å²) >= 11 is 0. The molecule has 4 nitrogen and oxygen atoms in total. The predicted molar refractivity (Wildman–Crippen MR) is 102 cm³/mol. The number of amides is 1. The number of benzene rings is 2. The van der Waals surface area contributed by atoms with Gasteiger partial charge in [0.1, 0.15) is 0 Å². The molecule has 4 rings (SSSR count). The number of pyridine rings is 1. The van der Waals surface area contributed by atoms with E-state index in [9.17, 15) is 4.79 Å². The van der Waals surface area contributed by atoms with Gasteiger partial charge in [-0.05, 0) is 35.2 Å². The molecule has 1 saturated carbocycles. The third-order valence-electron chi connectivity index (χ3n) is 4.95. The fraction of sp³-hybridized carbons (Fsp3) is 0.136. The van der Waals surface area contributed by atoms with Crippen LogP contribution in [0.5, 0.6) is 0 Å². The summed E-state index contributed by atoms with van der Waals surface area (Å²) in [5.74, 6) is -0.176. The highest BCUT2D eigenvalue weighted by atomic mass is 16.2. The molecule has 0 radical (unpaired) electrons. The van der Waals surface area contributed by atoms with Crippen molar-refractivity contribution in [2.75, 3.05) is 0 Å². The maximum absolute atomic E-state index is 12.7. The standard InChI is InChI=1S/C22H19N3O/c26-21(25-24-16-17-11-13-23-14-12-17)20-15-22(20,18-7-3-1-4-8-18)19-9-5-2-6-10-19/h1-14,16,20H,15H2,(H,25,26)/b24-16-. The lowest BCUT2D eigenvalue weighted by molar-refractivity contribution is -0.122. The Morgan fingerprint density at radius 1 is 0.962 bits per heavy atom. The molecule has 1 N–H and O–H groups in total. The van der Waals surface area contributed by atoms with Gasteiger partial charge in [0.2, 0.25) is 5.91 Å². The number of carbonyl (C=O) groups is 1. The van der Waals surface area contributed by atoms with Gasteiger partial charge >= 0.3 is 0 Å². The van der Waals surface area contributed by atoms with Gasteiger partial charge in [-0.1, -0.05) is 60.7 Å². The van der Waals surface area contributed by atoms with Gasteiger partial charge in [0, 0.05) is 17.8 Å². The van der Waals surface area contributed by atoms with Crippen LogP contribution in [0, 0.1) is 5.92 Å². The van der Waals surface area contributed by atoms with Crippen LogP contribution in [0.25, 0.3) is 0 Å². The zero-order valence-electron chi connectivity index (χ0n) is 14.2. The van der Waals surface area contributed by atoms with Crippen molar-refractivity contribution in [1.29, 1.82) is 0 Å². The number of carbonyl (C=O) groups excluding carboxylic acids is 1. The van der Waals surface area contributed by atoms with Crippen molar-refractivity contribution in [3.63, 3.8) is 0 Å². The lowest BCUT2D eigenvalue weighted by Crippen LogP contribution is -2.25. The fourth-order valence-corrected chi connectivity index (χ4v) is 3.55. The summed E-state index contributed by atoms with van der Waals surface area (Å²) in [6.07, 6.45) is 5.81. The summed E-state index contributed by atoms with van der Waals surface area (Å²) in [5.41, 5.74) is 5.67. The monoisotopic (exact) mass is 341 g/mol. The van der Waals surface area contributed by atoms with Gasteiger partial charge in [-0.15, -0.1) is 0 Å². The summed E-state index contributed by atoms with van der Waals surface area (Å²) in [5, 5.41) is 4.10. The maximum atomic E-state index is 12.7. The van der Waals surface area contributed by atoms with Gasteiger partial charge in [-0.3, -0.25) is 9.78 Å². The third-order valence-corrected chi connectivity index (χ3v) is 4.95. The first kappa shape index (κ1) is 16.2. The second-order valence-corrected chi connectivity index (χ2v) is 6.47. The summed E-state index contributed by atoms with van der Waals surface area (Å²) in [4.78, 5) is 16.7. The lowest BCUT2D eigenvalue weighted by Gasteiger charge is -2.18. The SMILES string of the molecule is O=C(N/N=C\c1ccncc1)C1CC1(c1ccccc1)c1ccccc1. The molecule has 1 atom stereocenters. The smallest absolute Gasteiger partial charge is 0.244 e. The summed E-state index contributed by atoms with van der Waals surface area (Å²) in [6, 6.07) is 24.2. The fourth-order valence-electron chi connectivity index (χ4n) is 3.55. The van der Waals surface area contributed by atoms with E-state index in [1.807, 2.05) is 48.5 Å². The number of hydrogen-bond acceptors (Lipinski definition) is 3. The summed E-state index contributed by atoms with van der Waals surface area (Å²) < 4.78 is 0. The van der Waals surface area contributed by atoms with Crippen molar-refractivity contribution in [3.05, 3.63) is 102 Å². The van der Waals surface area contributed by atoms with Crippen LogP contribution in [0.2, 0.25) is 0 Å². The highest BCUT2D eigenvalue weighted by Crippen LogP contribution is 2.58. The minimum absolute atomic E-state index is 0.0528. The van der Waals surface area contributed by atoms with Crippen molar-refractivity contribution >= 4 is 12.1 Å². The molecule has 1 aliphatic rings. The van der Waals surface area contributed by atoms with Crippen LogP contribution in [-0.2, 0) is 10.2 Å². The van der Waals surface area contributed by atoms with Gasteiger partial charge in [0.15, 0.2) is 0 Å². The number of hydrazone groups is 1. The van der Waals surface area contributed by atoms with E-state index >= 15 is 0 Å². The molecular weight excluding hydrogens is 322 g/mol. The Labute approximate surface area is 152 Å². The van der Waals surface area contributed by atoms with Crippen molar-refractivity contribution in [1.82, 2.24) is 10.4 Å². The van der Waals surface area contributed by atoms with Crippen LogP contribution in [0.15, 0.2) is 90.3 Å². The van der Waals surface area contributed by atoms with Crippen molar-refractivity contribution in [3.8, 4) is 0 Å². The molecule has 1 aromatic heterocycles. The Kier molecular flexibility index (Phi) is 4.32. The van der Waals surface area contributed by atoms with Crippen LogP contribution >= 0.6 is 0 Å². The molecule has 0 spiro atoms. The number of rotatable bonds is 5. The van der Waals surface area contributed by atoms with E-state index in [4.69, 9.17) is 0 Å². The number of hydrogen-bond donors (Lipinski definition) is 1. The quantitative estimate of drug-likeness (QED) is 0.570. The Bertz CT molecular complexity index is 868. The molecule has 1 heterocycles. The van der Waals surface area contributed by atoms with Crippen LogP contribution in [0.4, 0.5) is 0 Å². The van der Waals surface area contributed by atoms with E-state index in [1.54, 1.807) is 18.6 Å². The normalized spacial score (nSPS) is 17.8. The average molecular weight is 341 g/mol. The van der Waals surface area contributed by atoms with E-state index in [1.165, 1.54) is 11.1 Å². The highest BCUT2D eigenvalue weighted by molar-refractivity contribution is 5.87. The third kappa shape index (κ3) is 3.02. The van der Waals surface area contributed by atoms with Crippen LogP contribution in [-0.4, -0.2) is 17.1 Å². The predicted octanol–water partition coefficient (Wildman–Crippen LogP) is 3.54. The molecule has 3 aromatic rings. The van der Waals surface area contributed by atoms with E-state index in [0.29, 0.717) is 0 Å². The minimum Gasteiger partial charge on any atom is -0.273 e. The summed E-state index contributed by atoms with van der Waals surface area (Å²) in [7, 11) is 0. The Balaban J connectivity index is 1.55. The van der Waals surface area contributed by atoms with E-state index in [2.05, 4.69) is 39.8 Å². The van der Waals surface area contributed by atoms with Crippen LogP contribution in [0.1, 0.15) is 23.1 Å². The largest absolute Gasteiger partial charge is 0.273 e. The first-order valence-electron chi connectivity index (χ1n) is 8.65. The van der Waals surface area contributed by atoms with Gasteiger partial charge in [-0.25, -0.2) is 5.43 Å². The molecule has 1 aliphatic carbocycles. The lowest BCUT2D eigenvalue weighted by atomic mass is 9.85. The molecule has 0 bridgehead atoms. The van der Waals surface area contributed by atoms with E-state index in [0.717, 1.165) is 12.0 Å². The van der Waals surface area contributed by atoms with Crippen molar-refractivity contribution < 1.29 is 4.79 Å². The Morgan fingerprint density at radius 2 is 1.54 bits per heavy atom. The average Bonchev–Trinajstić information content (AvgIpc) is 3.47. The Hall–Kier alpha value is -3.27. The number of nitrogens with zero attached hydrogens (tertiary/aromatic N) is 2. The molecular formula is C22H19N3O. The first-order chi connectivity index (χ1) is 12.8. The molecule has 128 valence electrons. The Morgan fingerprint density at radius 3 is 2.12 bits per heavy atom. The number of nitrogens with one attached hydrogen (secondary N) is 1. The van der Waals surface area contributed by atoms with Gasteiger partial charge in [0.25, 0.3) is 0 Å². The second-order valence-electron chi connectivity index (χ2n) is 6.47. The van der Waals surface area contributed by atoms with Crippen LogP contribution < -0.4 is 5.43 Å². The molecule has 1 unspecified atom stereocenters. The minimum atomic E-state index is -0.265. The highest BCUT2D eigenvalue weighted by Gasteiger charge is 2.60. The molecule has 0 saturated heterocycles. The molecule has 0 aliphatic heterocycles. The molecule has 4 heteroatoms. The van der Waals surface area contributed by atoms with Crippen molar-refractivity contribution in [2.24, 2.45) is 11.0 Å². The van der Waals surface area contributed by atoms with Crippen LogP contribution in [0.3, 0.4) is 0 Å².